The van der Waals surface area contributed by atoms with Crippen molar-refractivity contribution in [1.82, 2.24) is 5.01 Å². The van der Waals surface area contributed by atoms with Crippen molar-refractivity contribution < 1.29 is 23.9 Å². The summed E-state index contributed by atoms with van der Waals surface area (Å²) in [4.78, 5) is 40.9. The molecule has 0 saturated heterocycles. The lowest BCUT2D eigenvalue weighted by Crippen LogP contribution is -2.40. The first-order chi connectivity index (χ1) is 15.6. The number of nitrogens with zero attached hydrogens (tertiary/aromatic N) is 3. The highest BCUT2D eigenvalue weighted by atomic mass is 35.5. The van der Waals surface area contributed by atoms with E-state index in [0.717, 1.165) is 0 Å². The Morgan fingerprint density at radius 1 is 0.971 bits per heavy atom. The number of fused-ring (bicyclic) bond motifs is 1. The molecule has 0 aromatic heterocycles. The molecule has 2 aliphatic heterocycles. The fourth-order valence-corrected chi connectivity index (χ4v) is 3.71. The molecular formula is C25H30ClN3O5. The van der Waals surface area contributed by atoms with Crippen molar-refractivity contribution in [1.29, 1.82) is 0 Å². The quantitative estimate of drug-likeness (QED) is 0.449. The minimum absolute atomic E-state index is 0.0828. The Balaban J connectivity index is 2.22. The van der Waals surface area contributed by atoms with Gasteiger partial charge in [0.2, 0.25) is 0 Å². The van der Waals surface area contributed by atoms with Crippen LogP contribution in [0.15, 0.2) is 46.7 Å². The summed E-state index contributed by atoms with van der Waals surface area (Å²) in [5.74, 6) is -0.953. The number of carbonyl (C=O) groups is 3. The number of rotatable bonds is 1. The minimum Gasteiger partial charge on any atom is -0.443 e. The molecule has 0 radical (unpaired) electrons. The Labute approximate surface area is 204 Å². The van der Waals surface area contributed by atoms with Crippen molar-refractivity contribution in [2.45, 2.75) is 66.6 Å². The molecule has 0 spiro atoms. The van der Waals surface area contributed by atoms with Crippen molar-refractivity contribution in [3.8, 4) is 0 Å². The summed E-state index contributed by atoms with van der Waals surface area (Å²) >= 11 is 6.58. The van der Waals surface area contributed by atoms with Crippen molar-refractivity contribution in [3.63, 3.8) is 0 Å². The summed E-state index contributed by atoms with van der Waals surface area (Å²) in [5.41, 5.74) is 0.0517. The Morgan fingerprint density at radius 3 is 2.09 bits per heavy atom. The molecule has 3 rings (SSSR count). The predicted octanol–water partition coefficient (Wildman–Crippen LogP) is 6.06. The molecule has 1 aromatic rings. The number of allylic oxidation sites excluding steroid dienone is 1. The van der Waals surface area contributed by atoms with Crippen LogP contribution in [-0.4, -0.2) is 40.0 Å². The van der Waals surface area contributed by atoms with Gasteiger partial charge in [0.25, 0.3) is 5.91 Å². The van der Waals surface area contributed by atoms with Gasteiger partial charge in [0, 0.05) is 5.56 Å². The molecule has 2 heterocycles. The second-order valence-corrected chi connectivity index (χ2v) is 10.7. The molecule has 182 valence electrons. The van der Waals surface area contributed by atoms with Gasteiger partial charge in [-0.25, -0.2) is 14.5 Å². The lowest BCUT2D eigenvalue weighted by Gasteiger charge is -2.32. The first-order valence-electron chi connectivity index (χ1n) is 11.0. The SMILES string of the molecule is CC(C)C1=NN(C(=O)OC(C)(C)C)C(=O)C1=C1C=C(Cl)c2ccccc2N1C(=O)OC(C)(C)C. The van der Waals surface area contributed by atoms with Gasteiger partial charge in [0.1, 0.15) is 11.2 Å². The van der Waals surface area contributed by atoms with Crippen LogP contribution in [0.4, 0.5) is 15.3 Å². The van der Waals surface area contributed by atoms with Crippen LogP contribution in [-0.2, 0) is 14.3 Å². The third-order valence-electron chi connectivity index (χ3n) is 4.72. The Morgan fingerprint density at radius 2 is 1.53 bits per heavy atom. The van der Waals surface area contributed by atoms with E-state index in [1.54, 1.807) is 65.8 Å². The zero-order valence-corrected chi connectivity index (χ0v) is 21.5. The van der Waals surface area contributed by atoms with Gasteiger partial charge in [-0.15, -0.1) is 5.01 Å². The van der Waals surface area contributed by atoms with Crippen LogP contribution in [0.2, 0.25) is 0 Å². The maximum Gasteiger partial charge on any atom is 0.438 e. The summed E-state index contributed by atoms with van der Waals surface area (Å²) in [6.07, 6.45) is -0.0618. The van der Waals surface area contributed by atoms with E-state index >= 15 is 0 Å². The standard InChI is InChI=1S/C25H30ClN3O5/c1-14(2)20-19(21(30)29(27-20)23(32)34-25(6,7)8)18-13-16(26)15-11-9-10-12-17(15)28(18)22(31)33-24(3,4)5/h9-14H,1-8H3. The van der Waals surface area contributed by atoms with Crippen LogP contribution in [0.25, 0.3) is 5.03 Å². The van der Waals surface area contributed by atoms with Crippen LogP contribution >= 0.6 is 11.6 Å². The molecule has 1 aromatic carbocycles. The van der Waals surface area contributed by atoms with Gasteiger partial charge in [-0.3, -0.25) is 4.79 Å². The van der Waals surface area contributed by atoms with Crippen molar-refractivity contribution in [2.75, 3.05) is 4.90 Å². The first kappa shape index (κ1) is 25.5. The number of para-hydroxylation sites is 1. The van der Waals surface area contributed by atoms with Crippen LogP contribution < -0.4 is 4.90 Å². The molecule has 8 nitrogen and oxygen atoms in total. The molecule has 2 aliphatic rings. The van der Waals surface area contributed by atoms with Gasteiger partial charge in [-0.2, -0.15) is 5.10 Å². The average molecular weight is 488 g/mol. The van der Waals surface area contributed by atoms with E-state index in [1.807, 2.05) is 13.8 Å². The number of hydrogen-bond donors (Lipinski definition) is 0. The highest BCUT2D eigenvalue weighted by Gasteiger charge is 2.43. The molecular weight excluding hydrogens is 458 g/mol. The van der Waals surface area contributed by atoms with E-state index in [1.165, 1.54) is 11.0 Å². The molecule has 0 saturated carbocycles. The van der Waals surface area contributed by atoms with Gasteiger partial charge in [-0.1, -0.05) is 43.6 Å². The Kier molecular flexibility index (Phi) is 6.68. The summed E-state index contributed by atoms with van der Waals surface area (Å²) in [5, 5.41) is 5.31. The predicted molar refractivity (Wildman–Crippen MR) is 131 cm³/mol. The Bertz CT molecular complexity index is 1140. The maximum atomic E-state index is 13.5. The summed E-state index contributed by atoms with van der Waals surface area (Å²) in [7, 11) is 0. The number of halogens is 1. The number of imide groups is 1. The van der Waals surface area contributed by atoms with E-state index in [2.05, 4.69) is 5.10 Å². The number of benzene rings is 1. The molecule has 0 unspecified atom stereocenters. The van der Waals surface area contributed by atoms with Crippen molar-refractivity contribution in [2.24, 2.45) is 11.0 Å². The molecule has 0 bridgehead atoms. The normalized spacial score (nSPS) is 18.6. The number of ether oxygens (including phenoxy) is 2. The van der Waals surface area contributed by atoms with E-state index in [4.69, 9.17) is 21.1 Å². The summed E-state index contributed by atoms with van der Waals surface area (Å²) < 4.78 is 11.0. The van der Waals surface area contributed by atoms with E-state index < -0.39 is 29.3 Å². The van der Waals surface area contributed by atoms with Crippen LogP contribution in [0.1, 0.15) is 61.0 Å². The first-order valence-corrected chi connectivity index (χ1v) is 11.4. The molecule has 9 heteroatoms. The molecule has 34 heavy (non-hydrogen) atoms. The lowest BCUT2D eigenvalue weighted by molar-refractivity contribution is -0.125. The summed E-state index contributed by atoms with van der Waals surface area (Å²) in [6, 6.07) is 7.04. The van der Waals surface area contributed by atoms with Gasteiger partial charge in [0.15, 0.2) is 0 Å². The number of hydrazone groups is 1. The second-order valence-electron chi connectivity index (χ2n) is 10.3. The van der Waals surface area contributed by atoms with Gasteiger partial charge in [0.05, 0.1) is 27.7 Å². The van der Waals surface area contributed by atoms with Gasteiger partial charge in [-0.05, 0) is 59.6 Å². The molecule has 0 atom stereocenters. The number of anilines is 1. The fraction of sp³-hybridized carbons (Fsp3) is 0.440. The highest BCUT2D eigenvalue weighted by Crippen LogP contribution is 2.41. The third kappa shape index (κ3) is 5.17. The zero-order chi connectivity index (χ0) is 25.6. The van der Waals surface area contributed by atoms with Crippen LogP contribution in [0.3, 0.4) is 0 Å². The minimum atomic E-state index is -0.902. The molecule has 3 amide bonds. The van der Waals surface area contributed by atoms with Crippen LogP contribution in [0, 0.1) is 5.92 Å². The Hall–Kier alpha value is -3.13. The monoisotopic (exact) mass is 487 g/mol. The van der Waals surface area contributed by atoms with E-state index in [9.17, 15) is 14.4 Å². The topological polar surface area (TPSA) is 88.5 Å². The smallest absolute Gasteiger partial charge is 0.438 e. The van der Waals surface area contributed by atoms with E-state index in [-0.39, 0.29) is 17.2 Å². The number of hydrogen-bond acceptors (Lipinski definition) is 6. The van der Waals surface area contributed by atoms with E-state index in [0.29, 0.717) is 27.0 Å². The second kappa shape index (κ2) is 8.91. The number of carbonyl (C=O) groups excluding carboxylic acids is 3. The average Bonchev–Trinajstić information content (AvgIpc) is 3.02. The lowest BCUT2D eigenvalue weighted by atomic mass is 9.95. The van der Waals surface area contributed by atoms with Gasteiger partial charge >= 0.3 is 12.2 Å². The van der Waals surface area contributed by atoms with Crippen molar-refractivity contribution in [3.05, 3.63) is 47.2 Å². The van der Waals surface area contributed by atoms with Crippen molar-refractivity contribution >= 4 is 46.1 Å². The summed E-state index contributed by atoms with van der Waals surface area (Å²) in [6.45, 7) is 14.0. The molecule has 0 N–H and O–H groups in total. The number of amides is 3. The fourth-order valence-electron chi connectivity index (χ4n) is 3.44. The third-order valence-corrected chi connectivity index (χ3v) is 5.03. The van der Waals surface area contributed by atoms with Crippen LogP contribution in [0.5, 0.6) is 0 Å². The highest BCUT2D eigenvalue weighted by molar-refractivity contribution is 6.50. The largest absolute Gasteiger partial charge is 0.443 e. The molecule has 0 aliphatic carbocycles. The van der Waals surface area contributed by atoms with Gasteiger partial charge < -0.3 is 9.47 Å². The zero-order valence-electron chi connectivity index (χ0n) is 20.7. The molecule has 0 fully saturated rings. The maximum absolute atomic E-state index is 13.5.